The van der Waals surface area contributed by atoms with Crippen molar-refractivity contribution in [1.29, 1.82) is 0 Å². The van der Waals surface area contributed by atoms with E-state index in [1.54, 1.807) is 36.4 Å². The lowest BCUT2D eigenvalue weighted by molar-refractivity contribution is 0.0734. The average Bonchev–Trinajstić information content (AvgIpc) is 3.02. The van der Waals surface area contributed by atoms with Gasteiger partial charge in [0, 0.05) is 11.6 Å². The molecular formula is C37H40O4. The van der Waals surface area contributed by atoms with E-state index in [2.05, 4.69) is 38.1 Å². The van der Waals surface area contributed by atoms with Crippen LogP contribution >= 0.6 is 0 Å². The van der Waals surface area contributed by atoms with E-state index in [-0.39, 0.29) is 22.8 Å². The first-order chi connectivity index (χ1) is 20.0. The number of ketones is 1. The summed E-state index contributed by atoms with van der Waals surface area (Å²) in [4.78, 5) is 25.3. The number of carbonyl (C=O) groups excluding carboxylic acids is 2. The Morgan fingerprint density at radius 3 is 1.90 bits per heavy atom. The number of phenols is 1. The first kappa shape index (κ1) is 29.8. The maximum atomic E-state index is 12.7. The number of phenolic OH excluding ortho intramolecular Hbond substituents is 1. The zero-order valence-electron chi connectivity index (χ0n) is 24.1. The summed E-state index contributed by atoms with van der Waals surface area (Å²) in [5, 5.41) is 10.4. The number of unbranched alkanes of at least 4 members (excludes halogenated alkanes) is 2. The van der Waals surface area contributed by atoms with Crippen LogP contribution in [0.5, 0.6) is 11.5 Å². The Morgan fingerprint density at radius 2 is 1.34 bits per heavy atom. The molecule has 212 valence electrons. The second-order valence-electron chi connectivity index (χ2n) is 10.7. The fourth-order valence-electron chi connectivity index (χ4n) is 5.21. The Hall–Kier alpha value is -4.18. The second kappa shape index (κ2) is 15.0. The van der Waals surface area contributed by atoms with Crippen molar-refractivity contribution < 1.29 is 19.4 Å². The predicted octanol–water partition coefficient (Wildman–Crippen LogP) is 9.75. The largest absolute Gasteiger partial charge is 0.507 e. The van der Waals surface area contributed by atoms with Gasteiger partial charge in [0.15, 0.2) is 5.78 Å². The van der Waals surface area contributed by atoms with Crippen LogP contribution in [-0.2, 0) is 0 Å². The van der Waals surface area contributed by atoms with Crippen LogP contribution < -0.4 is 4.74 Å². The molecule has 0 heterocycles. The Balaban J connectivity index is 0.000000714. The molecule has 1 aliphatic rings. The molecule has 0 radical (unpaired) electrons. The molecular weight excluding hydrogens is 508 g/mol. The fraction of sp³-hybridized carbons (Fsp3) is 0.297. The third-order valence-corrected chi connectivity index (χ3v) is 7.61. The van der Waals surface area contributed by atoms with Gasteiger partial charge in [-0.05, 0) is 59.7 Å². The van der Waals surface area contributed by atoms with Crippen LogP contribution in [0.2, 0.25) is 0 Å². The molecule has 4 aromatic carbocycles. The van der Waals surface area contributed by atoms with Crippen LogP contribution in [0.25, 0.3) is 11.1 Å². The Kier molecular flexibility index (Phi) is 10.9. The van der Waals surface area contributed by atoms with Crippen LogP contribution in [0.1, 0.15) is 103 Å². The fourth-order valence-corrected chi connectivity index (χ4v) is 5.21. The van der Waals surface area contributed by atoms with E-state index >= 15 is 0 Å². The molecule has 0 aliphatic heterocycles. The molecule has 0 amide bonds. The highest BCUT2D eigenvalue weighted by atomic mass is 16.5. The van der Waals surface area contributed by atoms with E-state index in [1.807, 2.05) is 18.2 Å². The van der Waals surface area contributed by atoms with Crippen LogP contribution in [0.4, 0.5) is 0 Å². The summed E-state index contributed by atoms with van der Waals surface area (Å²) in [6.07, 6.45) is 10.6. The number of rotatable bonds is 8. The van der Waals surface area contributed by atoms with Crippen molar-refractivity contribution in [3.05, 3.63) is 119 Å². The van der Waals surface area contributed by atoms with Crippen LogP contribution in [-0.4, -0.2) is 16.9 Å². The first-order valence-corrected chi connectivity index (χ1v) is 14.9. The summed E-state index contributed by atoms with van der Waals surface area (Å²) in [6.45, 7) is 4.42. The maximum Gasteiger partial charge on any atom is 0.343 e. The number of esters is 1. The van der Waals surface area contributed by atoms with E-state index in [0.717, 1.165) is 11.1 Å². The third kappa shape index (κ3) is 8.17. The molecule has 41 heavy (non-hydrogen) atoms. The van der Waals surface area contributed by atoms with E-state index in [0.29, 0.717) is 17.0 Å². The second-order valence-corrected chi connectivity index (χ2v) is 10.7. The molecule has 4 aromatic rings. The topological polar surface area (TPSA) is 63.6 Å². The molecule has 1 aliphatic carbocycles. The summed E-state index contributed by atoms with van der Waals surface area (Å²) in [5.74, 6) is -0.218. The molecule has 1 saturated carbocycles. The van der Waals surface area contributed by atoms with Crippen molar-refractivity contribution in [2.75, 3.05) is 0 Å². The molecule has 0 saturated heterocycles. The number of benzene rings is 4. The lowest BCUT2D eigenvalue weighted by Crippen LogP contribution is -2.09. The molecule has 0 unspecified atom stereocenters. The number of hydrogen-bond acceptors (Lipinski definition) is 4. The Labute approximate surface area is 244 Å². The number of ether oxygens (including phenoxy) is 1. The van der Waals surface area contributed by atoms with Crippen LogP contribution in [0.15, 0.2) is 97.1 Å². The molecule has 4 heteroatoms. The van der Waals surface area contributed by atoms with Gasteiger partial charge in [0.05, 0.1) is 11.1 Å². The third-order valence-electron chi connectivity index (χ3n) is 7.61. The van der Waals surface area contributed by atoms with Gasteiger partial charge in [0.2, 0.25) is 0 Å². The molecule has 0 spiro atoms. The lowest BCUT2D eigenvalue weighted by atomic mass is 9.84. The number of carbonyl (C=O) groups is 2. The van der Waals surface area contributed by atoms with Gasteiger partial charge in [0.25, 0.3) is 0 Å². The van der Waals surface area contributed by atoms with Gasteiger partial charge < -0.3 is 9.84 Å². The summed E-state index contributed by atoms with van der Waals surface area (Å²) >= 11 is 0. The minimum atomic E-state index is -0.532. The minimum Gasteiger partial charge on any atom is -0.507 e. The Bertz CT molecular complexity index is 1400. The van der Waals surface area contributed by atoms with Gasteiger partial charge >= 0.3 is 5.97 Å². The van der Waals surface area contributed by atoms with Gasteiger partial charge in [-0.1, -0.05) is 119 Å². The highest BCUT2D eigenvalue weighted by Crippen LogP contribution is 2.34. The molecule has 0 bridgehead atoms. The zero-order chi connectivity index (χ0) is 29.0. The van der Waals surface area contributed by atoms with Gasteiger partial charge in [-0.2, -0.15) is 0 Å². The summed E-state index contributed by atoms with van der Waals surface area (Å²) < 4.78 is 5.44. The minimum absolute atomic E-state index is 0.153. The standard InChI is InChI=1S/C32H28O4.C5H12/c33-30-21-28(19-20-29(30)31(34)26-9-5-2-6-10-26)36-32(35)27-17-15-25(16-18-27)24-13-11-23(12-14-24)22-7-3-1-4-8-22;1-3-5-4-2/h2,5-6,9-22,33H,1,3-4,7-8H2;3-5H2,1-2H3. The molecule has 5 rings (SSSR count). The monoisotopic (exact) mass is 548 g/mol. The highest BCUT2D eigenvalue weighted by molar-refractivity contribution is 6.10. The molecule has 0 aromatic heterocycles. The molecule has 1 N–H and O–H groups in total. The van der Waals surface area contributed by atoms with E-state index in [4.69, 9.17) is 4.74 Å². The van der Waals surface area contributed by atoms with E-state index < -0.39 is 5.97 Å². The van der Waals surface area contributed by atoms with E-state index in [1.165, 1.54) is 75.1 Å². The van der Waals surface area contributed by atoms with Crippen molar-refractivity contribution in [1.82, 2.24) is 0 Å². The van der Waals surface area contributed by atoms with Gasteiger partial charge in [0.1, 0.15) is 11.5 Å². The first-order valence-electron chi connectivity index (χ1n) is 14.9. The molecule has 4 nitrogen and oxygen atoms in total. The summed E-state index contributed by atoms with van der Waals surface area (Å²) in [7, 11) is 0. The van der Waals surface area contributed by atoms with Gasteiger partial charge in [-0.15, -0.1) is 0 Å². The smallest absolute Gasteiger partial charge is 0.343 e. The lowest BCUT2D eigenvalue weighted by Gasteiger charge is -2.22. The average molecular weight is 549 g/mol. The quantitative estimate of drug-likeness (QED) is 0.135. The van der Waals surface area contributed by atoms with Crippen molar-refractivity contribution >= 4 is 11.8 Å². The SMILES string of the molecule is CCCCC.O=C(Oc1ccc(C(=O)c2ccccc2)c(O)c1)c1ccc(-c2ccc(C3CCCCC3)cc2)cc1. The molecule has 0 atom stereocenters. The predicted molar refractivity (Wildman–Crippen MR) is 166 cm³/mol. The van der Waals surface area contributed by atoms with Crippen molar-refractivity contribution in [2.24, 2.45) is 0 Å². The van der Waals surface area contributed by atoms with Gasteiger partial charge in [-0.25, -0.2) is 4.79 Å². The van der Waals surface area contributed by atoms with Crippen molar-refractivity contribution in [3.8, 4) is 22.6 Å². The van der Waals surface area contributed by atoms with Crippen LogP contribution in [0.3, 0.4) is 0 Å². The highest BCUT2D eigenvalue weighted by Gasteiger charge is 2.17. The number of aromatic hydroxyl groups is 1. The summed E-state index contributed by atoms with van der Waals surface area (Å²) in [6, 6.07) is 29.0. The van der Waals surface area contributed by atoms with Crippen molar-refractivity contribution in [2.45, 2.75) is 71.1 Å². The normalized spacial score (nSPS) is 13.1. The summed E-state index contributed by atoms with van der Waals surface area (Å²) in [5.41, 5.74) is 4.59. The zero-order valence-corrected chi connectivity index (χ0v) is 24.1. The van der Waals surface area contributed by atoms with E-state index in [9.17, 15) is 14.7 Å². The number of hydrogen-bond donors (Lipinski definition) is 1. The van der Waals surface area contributed by atoms with Crippen LogP contribution in [0, 0.1) is 0 Å². The Morgan fingerprint density at radius 1 is 0.732 bits per heavy atom. The van der Waals surface area contributed by atoms with Gasteiger partial charge in [-0.3, -0.25) is 4.79 Å². The molecule has 1 fully saturated rings. The maximum absolute atomic E-state index is 12.7. The van der Waals surface area contributed by atoms with Crippen molar-refractivity contribution in [3.63, 3.8) is 0 Å².